The molecule has 1 aromatic carbocycles. The Morgan fingerprint density at radius 3 is 2.36 bits per heavy atom. The lowest BCUT2D eigenvalue weighted by atomic mass is 10.0. The van der Waals surface area contributed by atoms with Crippen molar-refractivity contribution in [3.05, 3.63) is 70.9 Å². The van der Waals surface area contributed by atoms with Crippen LogP contribution in [0.25, 0.3) is 0 Å². The summed E-state index contributed by atoms with van der Waals surface area (Å²) in [5.74, 6) is -1.01. The maximum atomic E-state index is 13.7. The van der Waals surface area contributed by atoms with Gasteiger partial charge in [-0.3, -0.25) is 4.79 Å². The Balaban J connectivity index is 2.03. The number of carbonyl (C=O) groups excluding carboxylic acids is 1. The molecule has 1 amide bonds. The minimum Gasteiger partial charge on any atom is -0.481 e. The van der Waals surface area contributed by atoms with Gasteiger partial charge in [0.1, 0.15) is 11.5 Å². The van der Waals surface area contributed by atoms with Crippen molar-refractivity contribution in [2.75, 3.05) is 17.7 Å². The van der Waals surface area contributed by atoms with E-state index < -0.39 is 23.6 Å². The van der Waals surface area contributed by atoms with Crippen LogP contribution in [0.4, 0.5) is 34.6 Å². The summed E-state index contributed by atoms with van der Waals surface area (Å²) >= 11 is 0. The number of halogens is 4. The lowest BCUT2D eigenvalue weighted by Gasteiger charge is -2.18. The van der Waals surface area contributed by atoms with Crippen LogP contribution in [0.15, 0.2) is 42.6 Å². The highest BCUT2D eigenvalue weighted by atomic mass is 19.4. The number of amides is 1. The molecule has 0 radical (unpaired) electrons. The number of hydrogen-bond acceptors (Lipinski definition) is 5. The summed E-state index contributed by atoms with van der Waals surface area (Å²) in [6.45, 7) is 5.31. The molecule has 0 aliphatic heterocycles. The summed E-state index contributed by atoms with van der Waals surface area (Å²) in [7, 11) is 1.44. The zero-order valence-electron chi connectivity index (χ0n) is 18.3. The predicted molar refractivity (Wildman–Crippen MR) is 116 cm³/mol. The van der Waals surface area contributed by atoms with Crippen molar-refractivity contribution in [3.63, 3.8) is 0 Å². The van der Waals surface area contributed by atoms with Crippen LogP contribution < -0.4 is 15.4 Å². The largest absolute Gasteiger partial charge is 0.481 e. The number of rotatable bonds is 6. The van der Waals surface area contributed by atoms with Gasteiger partial charge in [-0.1, -0.05) is 13.8 Å². The Bertz CT molecular complexity index is 1180. The lowest BCUT2D eigenvalue weighted by Crippen LogP contribution is -2.18. The molecule has 2 heterocycles. The number of aryl methyl sites for hydroxylation is 1. The number of ether oxygens (including phenoxy) is 1. The quantitative estimate of drug-likeness (QED) is 0.435. The maximum Gasteiger partial charge on any atom is 0.433 e. The zero-order valence-corrected chi connectivity index (χ0v) is 18.3. The fourth-order valence-electron chi connectivity index (χ4n) is 3.14. The molecule has 0 fully saturated rings. The fourth-order valence-corrected chi connectivity index (χ4v) is 3.14. The highest BCUT2D eigenvalue weighted by Gasteiger charge is 2.34. The first-order chi connectivity index (χ1) is 15.5. The standard InChI is InChI=1S/C23H22F4N4O2/c1-12(2)15-9-14(24)5-6-18(15)30-19-11-28-20(23(25,26)27)10-16(19)22(32)31-17-7-8-21(33-4)29-13(17)3/h5-12,30H,1-4H3,(H,31,32). The monoisotopic (exact) mass is 462 g/mol. The minimum absolute atomic E-state index is 0.0353. The number of alkyl halides is 3. The number of pyridine rings is 2. The third kappa shape index (κ3) is 5.57. The van der Waals surface area contributed by atoms with E-state index in [0.29, 0.717) is 34.6 Å². The Kier molecular flexibility index (Phi) is 6.85. The van der Waals surface area contributed by atoms with Crippen molar-refractivity contribution >= 4 is 23.0 Å². The highest BCUT2D eigenvalue weighted by Crippen LogP contribution is 2.33. The molecule has 3 rings (SSSR count). The lowest BCUT2D eigenvalue weighted by molar-refractivity contribution is -0.141. The van der Waals surface area contributed by atoms with E-state index in [2.05, 4.69) is 20.6 Å². The minimum atomic E-state index is -4.75. The van der Waals surface area contributed by atoms with E-state index in [1.54, 1.807) is 6.92 Å². The Hall–Kier alpha value is -3.69. The molecule has 10 heteroatoms. The van der Waals surface area contributed by atoms with Gasteiger partial charge in [0.2, 0.25) is 5.88 Å². The molecule has 2 aromatic heterocycles. The van der Waals surface area contributed by atoms with Gasteiger partial charge >= 0.3 is 6.18 Å². The van der Waals surface area contributed by atoms with Crippen molar-refractivity contribution in [2.24, 2.45) is 0 Å². The van der Waals surface area contributed by atoms with Gasteiger partial charge in [-0.15, -0.1) is 0 Å². The second kappa shape index (κ2) is 9.43. The van der Waals surface area contributed by atoms with Gasteiger partial charge in [-0.25, -0.2) is 14.4 Å². The predicted octanol–water partition coefficient (Wildman–Crippen LogP) is 6.07. The average Bonchev–Trinajstić information content (AvgIpc) is 2.75. The molecule has 0 aliphatic carbocycles. The summed E-state index contributed by atoms with van der Waals surface area (Å²) < 4.78 is 58.6. The Morgan fingerprint density at radius 2 is 1.76 bits per heavy atom. The van der Waals surface area contributed by atoms with Crippen LogP contribution >= 0.6 is 0 Å². The van der Waals surface area contributed by atoms with Gasteiger partial charge in [-0.05, 0) is 48.7 Å². The molecule has 6 nitrogen and oxygen atoms in total. The highest BCUT2D eigenvalue weighted by molar-refractivity contribution is 6.08. The number of nitrogens with zero attached hydrogens (tertiary/aromatic N) is 2. The third-order valence-corrected chi connectivity index (χ3v) is 4.86. The molecule has 2 N–H and O–H groups in total. The molecule has 0 aliphatic rings. The summed E-state index contributed by atoms with van der Waals surface area (Å²) in [4.78, 5) is 20.6. The Labute approximate surface area is 188 Å². The first kappa shape index (κ1) is 24.0. The van der Waals surface area contributed by atoms with E-state index in [9.17, 15) is 22.4 Å². The van der Waals surface area contributed by atoms with Gasteiger partial charge in [0, 0.05) is 11.8 Å². The third-order valence-electron chi connectivity index (χ3n) is 4.86. The number of anilines is 3. The van der Waals surface area contributed by atoms with Crippen molar-refractivity contribution in [2.45, 2.75) is 32.9 Å². The molecule has 0 saturated carbocycles. The van der Waals surface area contributed by atoms with Gasteiger partial charge in [0.25, 0.3) is 5.91 Å². The summed E-state index contributed by atoms with van der Waals surface area (Å²) in [6, 6.07) is 7.73. The van der Waals surface area contributed by atoms with Gasteiger partial charge in [0.05, 0.1) is 35.9 Å². The molecule has 174 valence electrons. The maximum absolute atomic E-state index is 13.7. The second-order valence-corrected chi connectivity index (χ2v) is 7.56. The number of benzene rings is 1. The molecule has 33 heavy (non-hydrogen) atoms. The summed E-state index contributed by atoms with van der Waals surface area (Å²) in [6.07, 6.45) is -3.81. The van der Waals surface area contributed by atoms with Crippen LogP contribution in [0, 0.1) is 12.7 Å². The van der Waals surface area contributed by atoms with E-state index in [1.165, 1.54) is 37.4 Å². The summed E-state index contributed by atoms with van der Waals surface area (Å²) in [5, 5.41) is 5.51. The van der Waals surface area contributed by atoms with Gasteiger partial charge in [-0.2, -0.15) is 13.2 Å². The molecular formula is C23H22F4N4O2. The molecule has 3 aromatic rings. The molecule has 0 unspecified atom stereocenters. The van der Waals surface area contributed by atoms with Crippen molar-refractivity contribution in [3.8, 4) is 5.88 Å². The second-order valence-electron chi connectivity index (χ2n) is 7.56. The first-order valence-corrected chi connectivity index (χ1v) is 9.96. The SMILES string of the molecule is COc1ccc(NC(=O)c2cc(C(F)(F)F)ncc2Nc2ccc(F)cc2C(C)C)c(C)n1. The topological polar surface area (TPSA) is 76.1 Å². The molecule has 0 bridgehead atoms. The van der Waals surface area contributed by atoms with Crippen molar-refractivity contribution < 1.29 is 27.1 Å². The van der Waals surface area contributed by atoms with Crippen LogP contribution in [0.2, 0.25) is 0 Å². The molecule has 0 saturated heterocycles. The van der Waals surface area contributed by atoms with Crippen molar-refractivity contribution in [1.29, 1.82) is 0 Å². The number of nitrogens with one attached hydrogen (secondary N) is 2. The Morgan fingerprint density at radius 1 is 1.06 bits per heavy atom. The molecule has 0 spiro atoms. The van der Waals surface area contributed by atoms with E-state index in [0.717, 1.165) is 6.20 Å². The zero-order chi connectivity index (χ0) is 24.3. The normalized spacial score (nSPS) is 11.4. The van der Waals surface area contributed by atoms with Crippen LogP contribution in [0.5, 0.6) is 5.88 Å². The van der Waals surface area contributed by atoms with E-state index >= 15 is 0 Å². The van der Waals surface area contributed by atoms with Crippen LogP contribution in [-0.4, -0.2) is 23.0 Å². The van der Waals surface area contributed by atoms with E-state index in [4.69, 9.17) is 4.74 Å². The van der Waals surface area contributed by atoms with Gasteiger partial charge < -0.3 is 15.4 Å². The van der Waals surface area contributed by atoms with E-state index in [-0.39, 0.29) is 17.2 Å². The summed E-state index contributed by atoms with van der Waals surface area (Å²) in [5.41, 5.74) is 0.302. The smallest absolute Gasteiger partial charge is 0.433 e. The average molecular weight is 462 g/mol. The van der Waals surface area contributed by atoms with Gasteiger partial charge in [0.15, 0.2) is 0 Å². The number of hydrogen-bond donors (Lipinski definition) is 2. The number of carbonyl (C=O) groups is 1. The molecular weight excluding hydrogens is 440 g/mol. The first-order valence-electron chi connectivity index (χ1n) is 9.96. The van der Waals surface area contributed by atoms with Crippen LogP contribution in [0.1, 0.15) is 47.1 Å². The number of aromatic nitrogens is 2. The van der Waals surface area contributed by atoms with Crippen LogP contribution in [-0.2, 0) is 6.18 Å². The van der Waals surface area contributed by atoms with Crippen LogP contribution in [0.3, 0.4) is 0 Å². The molecule has 0 atom stereocenters. The van der Waals surface area contributed by atoms with E-state index in [1.807, 2.05) is 13.8 Å². The number of methoxy groups -OCH3 is 1. The van der Waals surface area contributed by atoms with Crippen molar-refractivity contribution in [1.82, 2.24) is 9.97 Å². The fraction of sp³-hybridized carbons (Fsp3) is 0.261.